The third-order valence-electron chi connectivity index (χ3n) is 3.74. The van der Waals surface area contributed by atoms with Gasteiger partial charge in [0.1, 0.15) is 0 Å². The minimum atomic E-state index is -0.557. The fraction of sp³-hybridized carbons (Fsp3) is 0.211. The van der Waals surface area contributed by atoms with Gasteiger partial charge in [-0.15, -0.1) is 0 Å². The molecule has 0 amide bonds. The van der Waals surface area contributed by atoms with Crippen molar-refractivity contribution in [2.24, 2.45) is 0 Å². The lowest BCUT2D eigenvalue weighted by Crippen LogP contribution is -2.09. The molecule has 0 atom stereocenters. The van der Waals surface area contributed by atoms with E-state index in [2.05, 4.69) is 5.10 Å². The van der Waals surface area contributed by atoms with Crippen molar-refractivity contribution in [3.63, 3.8) is 0 Å². The Hall–Kier alpha value is -2.86. The Bertz CT molecular complexity index is 964. The molecule has 0 aliphatic heterocycles. The van der Waals surface area contributed by atoms with E-state index in [9.17, 15) is 9.59 Å². The number of hydrogen-bond donors (Lipinski definition) is 0. The number of fused-ring (bicyclic) bond motifs is 1. The van der Waals surface area contributed by atoms with Crippen LogP contribution in [0, 0.1) is 0 Å². The fourth-order valence-electron chi connectivity index (χ4n) is 2.58. The SMILES string of the molecule is CCOC(=O)c1cc(C(=O)OCC)n2nc(-c3ccc(Cl)cc3)ccc12. The molecule has 2 aromatic heterocycles. The average molecular weight is 373 g/mol. The van der Waals surface area contributed by atoms with Gasteiger partial charge in [-0.2, -0.15) is 5.10 Å². The summed E-state index contributed by atoms with van der Waals surface area (Å²) in [5.74, 6) is -1.07. The summed E-state index contributed by atoms with van der Waals surface area (Å²) in [6, 6.07) is 12.1. The monoisotopic (exact) mass is 372 g/mol. The van der Waals surface area contributed by atoms with E-state index in [1.165, 1.54) is 10.6 Å². The quantitative estimate of drug-likeness (QED) is 0.633. The second-order valence-corrected chi connectivity index (χ2v) is 5.84. The number of hydrogen-bond acceptors (Lipinski definition) is 5. The molecule has 0 saturated heterocycles. The number of rotatable bonds is 5. The molecule has 134 valence electrons. The van der Waals surface area contributed by atoms with Crippen LogP contribution in [0.15, 0.2) is 42.5 Å². The van der Waals surface area contributed by atoms with E-state index in [4.69, 9.17) is 21.1 Å². The zero-order chi connectivity index (χ0) is 18.7. The second kappa shape index (κ2) is 7.58. The average Bonchev–Trinajstić information content (AvgIpc) is 3.02. The summed E-state index contributed by atoms with van der Waals surface area (Å²) in [4.78, 5) is 24.5. The number of carbonyl (C=O) groups is 2. The number of ether oxygens (including phenoxy) is 2. The highest BCUT2D eigenvalue weighted by Gasteiger charge is 2.22. The maximum Gasteiger partial charge on any atom is 0.357 e. The zero-order valence-electron chi connectivity index (χ0n) is 14.4. The number of carbonyl (C=O) groups excluding carboxylic acids is 2. The van der Waals surface area contributed by atoms with Crippen LogP contribution in [-0.2, 0) is 9.47 Å². The fourth-order valence-corrected chi connectivity index (χ4v) is 2.71. The van der Waals surface area contributed by atoms with Crippen molar-refractivity contribution >= 4 is 29.1 Å². The largest absolute Gasteiger partial charge is 0.462 e. The van der Waals surface area contributed by atoms with Crippen LogP contribution in [0.3, 0.4) is 0 Å². The van der Waals surface area contributed by atoms with Gasteiger partial charge in [-0.3, -0.25) is 0 Å². The van der Waals surface area contributed by atoms with Gasteiger partial charge in [0.15, 0.2) is 5.69 Å². The molecule has 0 N–H and O–H groups in total. The first-order chi connectivity index (χ1) is 12.5. The van der Waals surface area contributed by atoms with Crippen LogP contribution in [0.4, 0.5) is 0 Å². The Morgan fingerprint density at radius 2 is 1.65 bits per heavy atom. The van der Waals surface area contributed by atoms with Gasteiger partial charge in [0.25, 0.3) is 0 Å². The lowest BCUT2D eigenvalue weighted by atomic mass is 10.1. The van der Waals surface area contributed by atoms with E-state index in [0.717, 1.165) is 5.56 Å². The van der Waals surface area contributed by atoms with Crippen molar-refractivity contribution in [2.45, 2.75) is 13.8 Å². The number of halogens is 1. The van der Waals surface area contributed by atoms with E-state index in [1.807, 2.05) is 12.1 Å². The number of benzene rings is 1. The molecule has 6 nitrogen and oxygen atoms in total. The summed E-state index contributed by atoms with van der Waals surface area (Å²) in [5.41, 5.74) is 2.37. The van der Waals surface area contributed by atoms with Crippen LogP contribution in [0.5, 0.6) is 0 Å². The van der Waals surface area contributed by atoms with Gasteiger partial charge in [0, 0.05) is 10.6 Å². The molecular weight excluding hydrogens is 356 g/mol. The minimum absolute atomic E-state index is 0.167. The Morgan fingerprint density at radius 1 is 1.00 bits per heavy atom. The Kier molecular flexibility index (Phi) is 5.23. The van der Waals surface area contributed by atoms with Crippen LogP contribution in [0.2, 0.25) is 5.02 Å². The lowest BCUT2D eigenvalue weighted by molar-refractivity contribution is 0.0516. The Balaban J connectivity index is 2.16. The molecule has 0 spiro atoms. The van der Waals surface area contributed by atoms with Crippen molar-refractivity contribution < 1.29 is 19.1 Å². The molecule has 7 heteroatoms. The molecule has 0 fully saturated rings. The highest BCUT2D eigenvalue weighted by atomic mass is 35.5. The molecule has 2 heterocycles. The van der Waals surface area contributed by atoms with Gasteiger partial charge in [0.05, 0.1) is 30.0 Å². The van der Waals surface area contributed by atoms with Gasteiger partial charge in [-0.25, -0.2) is 14.1 Å². The molecule has 0 bridgehead atoms. The Morgan fingerprint density at radius 3 is 2.31 bits per heavy atom. The third-order valence-corrected chi connectivity index (χ3v) is 3.99. The summed E-state index contributed by atoms with van der Waals surface area (Å²) in [6.45, 7) is 3.89. The van der Waals surface area contributed by atoms with Gasteiger partial charge < -0.3 is 9.47 Å². The highest BCUT2D eigenvalue weighted by Crippen LogP contribution is 2.24. The first-order valence-electron chi connectivity index (χ1n) is 8.18. The molecular formula is C19H17ClN2O4. The van der Waals surface area contributed by atoms with E-state index >= 15 is 0 Å². The van der Waals surface area contributed by atoms with Crippen LogP contribution in [0.25, 0.3) is 16.8 Å². The molecule has 1 aromatic carbocycles. The smallest absolute Gasteiger partial charge is 0.357 e. The van der Waals surface area contributed by atoms with E-state index in [-0.39, 0.29) is 24.5 Å². The zero-order valence-corrected chi connectivity index (χ0v) is 15.1. The number of nitrogens with zero attached hydrogens (tertiary/aromatic N) is 2. The second-order valence-electron chi connectivity index (χ2n) is 5.41. The Labute approximate surface area is 155 Å². The van der Waals surface area contributed by atoms with E-state index in [1.54, 1.807) is 38.1 Å². The normalized spacial score (nSPS) is 10.7. The number of esters is 2. The van der Waals surface area contributed by atoms with Gasteiger partial charge in [-0.05, 0) is 44.2 Å². The van der Waals surface area contributed by atoms with Crippen LogP contribution < -0.4 is 0 Å². The summed E-state index contributed by atoms with van der Waals surface area (Å²) >= 11 is 5.93. The lowest BCUT2D eigenvalue weighted by Gasteiger charge is -2.06. The predicted molar refractivity (Wildman–Crippen MR) is 97.6 cm³/mol. The summed E-state index contributed by atoms with van der Waals surface area (Å²) in [7, 11) is 0. The van der Waals surface area contributed by atoms with Gasteiger partial charge in [0.2, 0.25) is 0 Å². The third kappa shape index (κ3) is 3.41. The van der Waals surface area contributed by atoms with Crippen molar-refractivity contribution in [3.8, 4) is 11.3 Å². The molecule has 0 aliphatic rings. The van der Waals surface area contributed by atoms with E-state index < -0.39 is 11.9 Å². The summed E-state index contributed by atoms with van der Waals surface area (Å²) in [5, 5.41) is 5.12. The van der Waals surface area contributed by atoms with Crippen molar-refractivity contribution in [1.29, 1.82) is 0 Å². The van der Waals surface area contributed by atoms with Crippen LogP contribution >= 0.6 is 11.6 Å². The van der Waals surface area contributed by atoms with Crippen LogP contribution in [0.1, 0.15) is 34.7 Å². The molecule has 0 unspecified atom stereocenters. The molecule has 3 aromatic rings. The maximum atomic E-state index is 12.3. The van der Waals surface area contributed by atoms with Gasteiger partial charge in [-0.1, -0.05) is 23.7 Å². The first-order valence-corrected chi connectivity index (χ1v) is 8.56. The summed E-state index contributed by atoms with van der Waals surface area (Å²) in [6.07, 6.45) is 0. The molecule has 0 saturated carbocycles. The predicted octanol–water partition coefficient (Wildman–Crippen LogP) is 4.01. The molecule has 26 heavy (non-hydrogen) atoms. The topological polar surface area (TPSA) is 69.9 Å². The molecule has 0 aliphatic carbocycles. The first kappa shape index (κ1) is 17.9. The van der Waals surface area contributed by atoms with Crippen molar-refractivity contribution in [3.05, 3.63) is 58.7 Å². The van der Waals surface area contributed by atoms with Gasteiger partial charge >= 0.3 is 11.9 Å². The number of aromatic nitrogens is 2. The van der Waals surface area contributed by atoms with Crippen molar-refractivity contribution in [2.75, 3.05) is 13.2 Å². The van der Waals surface area contributed by atoms with E-state index in [0.29, 0.717) is 16.2 Å². The molecule has 3 rings (SSSR count). The van der Waals surface area contributed by atoms with Crippen LogP contribution in [-0.4, -0.2) is 34.8 Å². The maximum absolute atomic E-state index is 12.3. The standard InChI is InChI=1S/C19H17ClN2O4/c1-3-25-18(23)14-11-17(19(24)26-4-2)22-16(14)10-9-15(21-22)12-5-7-13(20)8-6-12/h5-11H,3-4H2,1-2H3. The van der Waals surface area contributed by atoms with Crippen molar-refractivity contribution in [1.82, 2.24) is 9.61 Å². The highest BCUT2D eigenvalue weighted by molar-refractivity contribution is 6.30. The minimum Gasteiger partial charge on any atom is -0.462 e. The summed E-state index contributed by atoms with van der Waals surface area (Å²) < 4.78 is 11.6. The molecule has 0 radical (unpaired) electrons.